The second-order valence-electron chi connectivity index (χ2n) is 5.15. The molecule has 0 aliphatic carbocycles. The standard InChI is InChI=1S/C19H16ClNO2S/c1-23-15-10-8-14(9-11-15)21(13-16-5-4-12-24-16)19(22)17-6-2-3-7-18(17)20/h2-12H,13H2,1H3. The summed E-state index contributed by atoms with van der Waals surface area (Å²) in [6.07, 6.45) is 0. The number of thiophene rings is 1. The number of anilines is 1. The van der Waals surface area contributed by atoms with Crippen molar-refractivity contribution < 1.29 is 9.53 Å². The summed E-state index contributed by atoms with van der Waals surface area (Å²) in [5, 5.41) is 2.45. The lowest BCUT2D eigenvalue weighted by atomic mass is 10.1. The molecule has 3 nitrogen and oxygen atoms in total. The van der Waals surface area contributed by atoms with Gasteiger partial charge in [-0.1, -0.05) is 29.8 Å². The van der Waals surface area contributed by atoms with Crippen LogP contribution in [0.1, 0.15) is 15.2 Å². The fraction of sp³-hybridized carbons (Fsp3) is 0.105. The summed E-state index contributed by atoms with van der Waals surface area (Å²) in [7, 11) is 1.62. The molecule has 0 atom stereocenters. The highest BCUT2D eigenvalue weighted by atomic mass is 35.5. The molecule has 0 aliphatic rings. The number of rotatable bonds is 5. The minimum Gasteiger partial charge on any atom is -0.497 e. The predicted octanol–water partition coefficient (Wildman–Crippen LogP) is 5.26. The van der Waals surface area contributed by atoms with Gasteiger partial charge in [-0.15, -0.1) is 11.3 Å². The Morgan fingerprint density at radius 2 is 1.83 bits per heavy atom. The van der Waals surface area contributed by atoms with E-state index in [1.807, 2.05) is 53.9 Å². The Labute approximate surface area is 150 Å². The van der Waals surface area contributed by atoms with Crippen LogP contribution in [0.5, 0.6) is 5.75 Å². The van der Waals surface area contributed by atoms with Crippen LogP contribution < -0.4 is 9.64 Å². The summed E-state index contributed by atoms with van der Waals surface area (Å²) in [6.45, 7) is 0.494. The van der Waals surface area contributed by atoms with Gasteiger partial charge in [-0.2, -0.15) is 0 Å². The van der Waals surface area contributed by atoms with Crippen LogP contribution in [0.2, 0.25) is 5.02 Å². The van der Waals surface area contributed by atoms with Crippen molar-refractivity contribution in [2.45, 2.75) is 6.54 Å². The number of methoxy groups -OCH3 is 1. The van der Waals surface area contributed by atoms with Gasteiger partial charge in [0, 0.05) is 10.6 Å². The van der Waals surface area contributed by atoms with E-state index >= 15 is 0 Å². The molecule has 5 heteroatoms. The number of carbonyl (C=O) groups is 1. The lowest BCUT2D eigenvalue weighted by Gasteiger charge is -2.23. The highest BCUT2D eigenvalue weighted by Gasteiger charge is 2.20. The van der Waals surface area contributed by atoms with Gasteiger partial charge in [0.05, 0.1) is 24.2 Å². The first-order chi connectivity index (χ1) is 11.7. The second-order valence-corrected chi connectivity index (χ2v) is 6.59. The zero-order chi connectivity index (χ0) is 16.9. The maximum atomic E-state index is 13.1. The number of hydrogen-bond acceptors (Lipinski definition) is 3. The molecule has 3 aromatic rings. The number of amides is 1. The third-order valence-corrected chi connectivity index (χ3v) is 4.82. The van der Waals surface area contributed by atoms with Crippen molar-refractivity contribution in [3.63, 3.8) is 0 Å². The van der Waals surface area contributed by atoms with Crippen LogP contribution in [0.15, 0.2) is 66.0 Å². The molecule has 0 unspecified atom stereocenters. The van der Waals surface area contributed by atoms with Crippen LogP contribution in [-0.4, -0.2) is 13.0 Å². The molecule has 3 rings (SSSR count). The Hall–Kier alpha value is -2.30. The normalized spacial score (nSPS) is 10.4. The van der Waals surface area contributed by atoms with E-state index < -0.39 is 0 Å². The third kappa shape index (κ3) is 3.61. The molecule has 0 bridgehead atoms. The van der Waals surface area contributed by atoms with E-state index in [0.717, 1.165) is 16.3 Å². The molecule has 0 N–H and O–H groups in total. The Kier molecular flexibility index (Phi) is 5.18. The summed E-state index contributed by atoms with van der Waals surface area (Å²) in [5.41, 5.74) is 1.29. The van der Waals surface area contributed by atoms with Gasteiger partial charge in [-0.05, 0) is 47.8 Å². The minimum absolute atomic E-state index is 0.126. The molecule has 1 aromatic heterocycles. The third-order valence-electron chi connectivity index (χ3n) is 3.63. The van der Waals surface area contributed by atoms with Gasteiger partial charge in [-0.3, -0.25) is 4.79 Å². The molecule has 0 saturated heterocycles. The fourth-order valence-corrected chi connectivity index (χ4v) is 3.29. The molecule has 0 saturated carbocycles. The average Bonchev–Trinajstić information content (AvgIpc) is 3.13. The van der Waals surface area contributed by atoms with Gasteiger partial charge < -0.3 is 9.64 Å². The van der Waals surface area contributed by atoms with Crippen LogP contribution >= 0.6 is 22.9 Å². The molecule has 0 radical (unpaired) electrons. The summed E-state index contributed by atoms with van der Waals surface area (Å²) in [5.74, 6) is 0.624. The Bertz CT molecular complexity index is 816. The van der Waals surface area contributed by atoms with E-state index in [2.05, 4.69) is 0 Å². The molecule has 1 amide bonds. The number of hydrogen-bond donors (Lipinski definition) is 0. The van der Waals surface area contributed by atoms with E-state index in [1.165, 1.54) is 0 Å². The maximum Gasteiger partial charge on any atom is 0.260 e. The van der Waals surface area contributed by atoms with E-state index in [9.17, 15) is 4.79 Å². The smallest absolute Gasteiger partial charge is 0.260 e. The first-order valence-electron chi connectivity index (χ1n) is 7.42. The number of carbonyl (C=O) groups excluding carboxylic acids is 1. The van der Waals surface area contributed by atoms with Crippen LogP contribution in [0.3, 0.4) is 0 Å². The Balaban J connectivity index is 1.97. The zero-order valence-electron chi connectivity index (χ0n) is 13.1. The summed E-state index contributed by atoms with van der Waals surface area (Å²) in [6, 6.07) is 18.5. The van der Waals surface area contributed by atoms with Crippen molar-refractivity contribution in [1.29, 1.82) is 0 Å². The predicted molar refractivity (Wildman–Crippen MR) is 99.3 cm³/mol. The van der Waals surface area contributed by atoms with Gasteiger partial charge in [0.1, 0.15) is 5.75 Å². The van der Waals surface area contributed by atoms with Crippen molar-refractivity contribution in [3.05, 3.63) is 81.5 Å². The summed E-state index contributed by atoms with van der Waals surface area (Å²) >= 11 is 7.83. The van der Waals surface area contributed by atoms with Crippen molar-refractivity contribution in [2.75, 3.05) is 12.0 Å². The molecule has 122 valence electrons. The largest absolute Gasteiger partial charge is 0.497 e. The Morgan fingerprint density at radius 3 is 2.46 bits per heavy atom. The molecule has 0 fully saturated rings. The number of halogens is 1. The molecular formula is C19H16ClNO2S. The molecule has 0 spiro atoms. The summed E-state index contributed by atoms with van der Waals surface area (Å²) in [4.78, 5) is 15.9. The van der Waals surface area contributed by atoms with Gasteiger partial charge >= 0.3 is 0 Å². The van der Waals surface area contributed by atoms with Gasteiger partial charge in [-0.25, -0.2) is 0 Å². The van der Waals surface area contributed by atoms with Crippen molar-refractivity contribution >= 4 is 34.5 Å². The monoisotopic (exact) mass is 357 g/mol. The fourth-order valence-electron chi connectivity index (χ4n) is 2.38. The Morgan fingerprint density at radius 1 is 1.08 bits per heavy atom. The van der Waals surface area contributed by atoms with E-state index in [0.29, 0.717) is 17.1 Å². The minimum atomic E-state index is -0.126. The first kappa shape index (κ1) is 16.6. The highest BCUT2D eigenvalue weighted by Crippen LogP contribution is 2.26. The van der Waals surface area contributed by atoms with Crippen LogP contribution in [0.4, 0.5) is 5.69 Å². The van der Waals surface area contributed by atoms with E-state index in [4.69, 9.17) is 16.3 Å². The van der Waals surface area contributed by atoms with Gasteiger partial charge in [0.2, 0.25) is 0 Å². The molecular weight excluding hydrogens is 342 g/mol. The van der Waals surface area contributed by atoms with Gasteiger partial charge in [0.25, 0.3) is 5.91 Å². The molecule has 0 aliphatic heterocycles. The average molecular weight is 358 g/mol. The second kappa shape index (κ2) is 7.51. The lowest BCUT2D eigenvalue weighted by Crippen LogP contribution is -2.30. The molecule has 2 aromatic carbocycles. The zero-order valence-corrected chi connectivity index (χ0v) is 14.7. The van der Waals surface area contributed by atoms with Gasteiger partial charge in [0.15, 0.2) is 0 Å². The van der Waals surface area contributed by atoms with E-state index in [-0.39, 0.29) is 5.91 Å². The van der Waals surface area contributed by atoms with Crippen molar-refractivity contribution in [2.24, 2.45) is 0 Å². The highest BCUT2D eigenvalue weighted by molar-refractivity contribution is 7.09. The van der Waals surface area contributed by atoms with Crippen LogP contribution in [0.25, 0.3) is 0 Å². The number of nitrogens with zero attached hydrogens (tertiary/aromatic N) is 1. The van der Waals surface area contributed by atoms with Crippen LogP contribution in [-0.2, 0) is 6.54 Å². The molecule has 1 heterocycles. The SMILES string of the molecule is COc1ccc(N(Cc2cccs2)C(=O)c2ccccc2Cl)cc1. The van der Waals surface area contributed by atoms with Crippen molar-refractivity contribution in [1.82, 2.24) is 0 Å². The number of ether oxygens (including phenoxy) is 1. The van der Waals surface area contributed by atoms with Crippen LogP contribution in [0, 0.1) is 0 Å². The number of benzene rings is 2. The van der Waals surface area contributed by atoms with Crippen molar-refractivity contribution in [3.8, 4) is 5.75 Å². The topological polar surface area (TPSA) is 29.5 Å². The quantitative estimate of drug-likeness (QED) is 0.623. The molecule has 24 heavy (non-hydrogen) atoms. The summed E-state index contributed by atoms with van der Waals surface area (Å²) < 4.78 is 5.20. The first-order valence-corrected chi connectivity index (χ1v) is 8.67. The lowest BCUT2D eigenvalue weighted by molar-refractivity contribution is 0.0985. The maximum absolute atomic E-state index is 13.1. The van der Waals surface area contributed by atoms with E-state index in [1.54, 1.807) is 35.5 Å².